The first-order chi connectivity index (χ1) is 19.2. The summed E-state index contributed by atoms with van der Waals surface area (Å²) < 4.78 is 12.5. The summed E-state index contributed by atoms with van der Waals surface area (Å²) in [6.45, 7) is 14.3. The van der Waals surface area contributed by atoms with Gasteiger partial charge in [-0.2, -0.15) is 0 Å². The highest BCUT2D eigenvalue weighted by Crippen LogP contribution is 2.64. The maximum absolute atomic E-state index is 14.7. The van der Waals surface area contributed by atoms with Crippen LogP contribution in [0.3, 0.4) is 0 Å². The van der Waals surface area contributed by atoms with Crippen molar-refractivity contribution in [3.63, 3.8) is 0 Å². The van der Waals surface area contributed by atoms with Crippen LogP contribution in [0.25, 0.3) is 0 Å². The van der Waals surface area contributed by atoms with Crippen molar-refractivity contribution in [1.29, 1.82) is 0 Å². The zero-order valence-electron chi connectivity index (χ0n) is 24.2. The fourth-order valence-corrected chi connectivity index (χ4v) is 7.07. The van der Waals surface area contributed by atoms with Crippen molar-refractivity contribution in [3.8, 4) is 0 Å². The minimum absolute atomic E-state index is 0.00457. The van der Waals surface area contributed by atoms with E-state index in [-0.39, 0.29) is 31.6 Å². The molecule has 3 saturated heterocycles. The average molecular weight is 553 g/mol. The fourth-order valence-electron chi connectivity index (χ4n) is 7.07. The second-order valence-electron chi connectivity index (χ2n) is 11.4. The highest BCUT2D eigenvalue weighted by molar-refractivity contribution is 6.05. The normalized spacial score (nSPS) is 28.4. The first-order valence-electron chi connectivity index (χ1n) is 14.6. The Bertz CT molecular complexity index is 1150. The number of hydrogen-bond donors (Lipinski definition) is 1. The number of amides is 2. The molecule has 0 aliphatic carbocycles. The van der Waals surface area contributed by atoms with Gasteiger partial charge in [-0.1, -0.05) is 31.2 Å². The summed E-state index contributed by atoms with van der Waals surface area (Å²) in [6, 6.07) is 5.07. The molecule has 0 saturated carbocycles. The quantitative estimate of drug-likeness (QED) is 0.211. The van der Waals surface area contributed by atoms with Crippen molar-refractivity contribution in [2.24, 2.45) is 11.8 Å². The number of aliphatic hydroxyl groups is 1. The molecule has 5 atom stereocenters. The topological polar surface area (TPSA) is 96.4 Å². The van der Waals surface area contributed by atoms with Gasteiger partial charge in [0.25, 0.3) is 5.91 Å². The third-order valence-electron chi connectivity index (χ3n) is 9.01. The van der Waals surface area contributed by atoms with Crippen LogP contribution in [0.1, 0.15) is 63.0 Å². The second-order valence-corrected chi connectivity index (χ2v) is 11.4. The number of carbonyl (C=O) groups is 3. The van der Waals surface area contributed by atoms with Crippen LogP contribution >= 0.6 is 0 Å². The third-order valence-corrected chi connectivity index (χ3v) is 9.01. The molecule has 8 nitrogen and oxygen atoms in total. The van der Waals surface area contributed by atoms with Gasteiger partial charge in [0.2, 0.25) is 5.91 Å². The molecule has 2 unspecified atom stereocenters. The Morgan fingerprint density at radius 3 is 2.65 bits per heavy atom. The summed E-state index contributed by atoms with van der Waals surface area (Å²) in [6.07, 6.45) is 7.54. The van der Waals surface area contributed by atoms with Crippen LogP contribution in [0, 0.1) is 25.7 Å². The highest BCUT2D eigenvalue weighted by atomic mass is 16.6. The van der Waals surface area contributed by atoms with Gasteiger partial charge in [-0.25, -0.2) is 0 Å². The predicted octanol–water partition coefficient (Wildman–Crippen LogP) is 4.26. The first-order valence-corrected chi connectivity index (χ1v) is 14.6. The van der Waals surface area contributed by atoms with Crippen LogP contribution < -0.4 is 4.90 Å². The third kappa shape index (κ3) is 5.00. The van der Waals surface area contributed by atoms with E-state index in [0.717, 1.165) is 23.2 Å². The number of hydrogen-bond acceptors (Lipinski definition) is 6. The van der Waals surface area contributed by atoms with E-state index in [1.54, 1.807) is 22.0 Å². The van der Waals surface area contributed by atoms with E-state index in [0.29, 0.717) is 45.1 Å². The number of unbranched alkanes of at least 4 members (excludes halogenated alkanes) is 2. The number of esters is 1. The maximum Gasteiger partial charge on any atom is 0.312 e. The molecular formula is C32H44N2O6. The monoisotopic (exact) mass is 552 g/mol. The maximum atomic E-state index is 14.7. The first kappa shape index (κ1) is 30.0. The van der Waals surface area contributed by atoms with E-state index in [2.05, 4.69) is 13.2 Å². The summed E-state index contributed by atoms with van der Waals surface area (Å²) in [4.78, 5) is 45.8. The van der Waals surface area contributed by atoms with Gasteiger partial charge in [0.1, 0.15) is 17.6 Å². The average Bonchev–Trinajstić information content (AvgIpc) is 3.54. The minimum Gasteiger partial charge on any atom is -0.465 e. The van der Waals surface area contributed by atoms with Crippen LogP contribution in [-0.4, -0.2) is 71.3 Å². The zero-order valence-corrected chi connectivity index (χ0v) is 24.2. The number of allylic oxidation sites excluding steroid dienone is 1. The van der Waals surface area contributed by atoms with Gasteiger partial charge < -0.3 is 24.4 Å². The Labute approximate surface area is 238 Å². The lowest BCUT2D eigenvalue weighted by molar-refractivity contribution is -0.161. The SMILES string of the molecule is C=CCCCOC(=O)[C@@H]1[C@H]2C(=O)N(CCCCO)C(C(=O)N(CC=C)c3cc(C)ccc3C)C23CC[C@@]1(CC)O3. The molecule has 3 aliphatic rings. The number of carbonyl (C=O) groups excluding carboxylic acids is 3. The van der Waals surface area contributed by atoms with Crippen molar-refractivity contribution in [1.82, 2.24) is 4.90 Å². The Kier molecular flexibility index (Phi) is 9.20. The van der Waals surface area contributed by atoms with Gasteiger partial charge in [0, 0.05) is 25.4 Å². The lowest BCUT2D eigenvalue weighted by Crippen LogP contribution is -2.56. The molecule has 0 aromatic heterocycles. The lowest BCUT2D eigenvalue weighted by atomic mass is 9.65. The van der Waals surface area contributed by atoms with E-state index in [1.165, 1.54) is 0 Å². The molecule has 8 heteroatoms. The standard InChI is InChI=1S/C32H44N2O6/c1-6-9-12-20-39-30(38)26-25-28(36)34(18-10-11-19-35)27(32(25)16-15-31(26,8-3)40-32)29(37)33(17-7-2)24-21-22(4)13-14-23(24)5/h6-7,13-14,21,25-27,35H,1-2,8-12,15-20H2,3-5H3/t25-,26-,27?,31+,32?/m0/s1. The molecule has 3 fully saturated rings. The van der Waals surface area contributed by atoms with Crippen molar-refractivity contribution < 1.29 is 29.0 Å². The number of aliphatic hydroxyl groups excluding tert-OH is 1. The molecule has 3 aliphatic heterocycles. The molecular weight excluding hydrogens is 508 g/mol. The molecule has 0 radical (unpaired) electrons. The summed E-state index contributed by atoms with van der Waals surface area (Å²) in [5, 5.41) is 9.43. The number of nitrogens with zero attached hydrogens (tertiary/aromatic N) is 2. The van der Waals surface area contributed by atoms with E-state index < -0.39 is 35.0 Å². The molecule has 1 N–H and O–H groups in total. The number of likely N-dealkylation sites (tertiary alicyclic amines) is 1. The van der Waals surface area contributed by atoms with Gasteiger partial charge >= 0.3 is 5.97 Å². The number of benzene rings is 1. The Morgan fingerprint density at radius 2 is 1.98 bits per heavy atom. The molecule has 4 rings (SSSR count). The molecule has 40 heavy (non-hydrogen) atoms. The van der Waals surface area contributed by atoms with Crippen LogP contribution in [0.15, 0.2) is 43.5 Å². The molecule has 218 valence electrons. The van der Waals surface area contributed by atoms with Crippen molar-refractivity contribution >= 4 is 23.5 Å². The van der Waals surface area contributed by atoms with Gasteiger partial charge in [0.05, 0.1) is 18.1 Å². The van der Waals surface area contributed by atoms with Gasteiger partial charge in [-0.15, -0.1) is 13.2 Å². The molecule has 2 bridgehead atoms. The van der Waals surface area contributed by atoms with E-state index in [9.17, 15) is 19.5 Å². The molecule has 2 amide bonds. The second kappa shape index (κ2) is 12.3. The van der Waals surface area contributed by atoms with Crippen LogP contribution in [-0.2, 0) is 23.9 Å². The zero-order chi connectivity index (χ0) is 29.1. The van der Waals surface area contributed by atoms with Crippen LogP contribution in [0.5, 0.6) is 0 Å². The largest absolute Gasteiger partial charge is 0.465 e. The van der Waals surface area contributed by atoms with Crippen molar-refractivity contribution in [3.05, 3.63) is 54.6 Å². The van der Waals surface area contributed by atoms with Gasteiger partial charge in [-0.05, 0) is 76.0 Å². The summed E-state index contributed by atoms with van der Waals surface area (Å²) >= 11 is 0. The predicted molar refractivity (Wildman–Crippen MR) is 154 cm³/mol. The Hall–Kier alpha value is -2.97. The Balaban J connectivity index is 1.77. The number of rotatable bonds is 14. The van der Waals surface area contributed by atoms with Crippen molar-refractivity contribution in [2.75, 3.05) is 31.2 Å². The molecule has 1 aromatic rings. The minimum atomic E-state index is -1.12. The van der Waals surface area contributed by atoms with E-state index in [4.69, 9.17) is 9.47 Å². The summed E-state index contributed by atoms with van der Waals surface area (Å²) in [7, 11) is 0. The number of anilines is 1. The molecule has 1 aromatic carbocycles. The summed E-state index contributed by atoms with van der Waals surface area (Å²) in [5.41, 5.74) is 0.763. The van der Waals surface area contributed by atoms with Crippen molar-refractivity contribution in [2.45, 2.75) is 83.0 Å². The van der Waals surface area contributed by atoms with Gasteiger partial charge in [0.15, 0.2) is 0 Å². The van der Waals surface area contributed by atoms with E-state index >= 15 is 0 Å². The number of aryl methyl sites for hydroxylation is 2. The smallest absolute Gasteiger partial charge is 0.312 e. The highest BCUT2D eigenvalue weighted by Gasteiger charge is 2.79. The molecule has 3 heterocycles. The Morgan fingerprint density at radius 1 is 1.20 bits per heavy atom. The number of fused-ring (bicyclic) bond motifs is 1. The fraction of sp³-hybridized carbons (Fsp3) is 0.594. The lowest BCUT2D eigenvalue weighted by Gasteiger charge is -2.37. The molecule has 1 spiro atoms. The van der Waals surface area contributed by atoms with Gasteiger partial charge in [-0.3, -0.25) is 14.4 Å². The van der Waals surface area contributed by atoms with E-state index in [1.807, 2.05) is 39.0 Å². The number of ether oxygens (including phenoxy) is 2. The summed E-state index contributed by atoms with van der Waals surface area (Å²) in [5.74, 6) is -2.46. The van der Waals surface area contributed by atoms with Crippen LogP contribution in [0.2, 0.25) is 0 Å². The van der Waals surface area contributed by atoms with Crippen LogP contribution in [0.4, 0.5) is 5.69 Å².